The fraction of sp³-hybridized carbons (Fsp3) is 0.846. The van der Waals surface area contributed by atoms with Crippen LogP contribution in [0.5, 0.6) is 0 Å². The van der Waals surface area contributed by atoms with E-state index in [1.165, 1.54) is 0 Å². The van der Waals surface area contributed by atoms with Crippen molar-refractivity contribution in [2.24, 2.45) is 0 Å². The van der Waals surface area contributed by atoms with E-state index in [1.807, 2.05) is 0 Å². The van der Waals surface area contributed by atoms with Crippen LogP contribution in [0.2, 0.25) is 0 Å². The summed E-state index contributed by atoms with van der Waals surface area (Å²) < 4.78 is 5.19. The Bertz CT molecular complexity index is 332. The molecule has 0 atom stereocenters. The van der Waals surface area contributed by atoms with Gasteiger partial charge in [-0.3, -0.25) is 0 Å². The van der Waals surface area contributed by atoms with Gasteiger partial charge in [0.2, 0.25) is 0 Å². The summed E-state index contributed by atoms with van der Waals surface area (Å²) >= 11 is 0. The molecule has 19 heavy (non-hydrogen) atoms. The van der Waals surface area contributed by atoms with Gasteiger partial charge >= 0.3 is 12.0 Å². The Morgan fingerprint density at radius 2 is 1.63 bits per heavy atom. The normalized spacial score (nSPS) is 23.5. The number of carbonyl (C=O) groups is 2. The van der Waals surface area contributed by atoms with E-state index in [2.05, 4.69) is 5.32 Å². The van der Waals surface area contributed by atoms with E-state index >= 15 is 0 Å². The van der Waals surface area contributed by atoms with Crippen LogP contribution in [-0.2, 0) is 9.53 Å². The number of nitrogens with zero attached hydrogens (tertiary/aromatic N) is 1. The number of hydrogen-bond acceptors (Lipinski definition) is 3. The predicted molar refractivity (Wildman–Crippen MR) is 69.0 cm³/mol. The highest BCUT2D eigenvalue weighted by Gasteiger charge is 2.42. The first-order valence-electron chi connectivity index (χ1n) is 7.02. The molecule has 2 rings (SSSR count). The van der Waals surface area contributed by atoms with Crippen LogP contribution in [0.3, 0.4) is 0 Å². The summed E-state index contributed by atoms with van der Waals surface area (Å²) in [6.07, 6.45) is 4.94. The Balaban J connectivity index is 1.99. The maximum Gasteiger partial charge on any atom is 0.329 e. The van der Waals surface area contributed by atoms with Crippen LogP contribution in [-0.4, -0.2) is 53.8 Å². The van der Waals surface area contributed by atoms with E-state index in [1.54, 1.807) is 4.90 Å². The van der Waals surface area contributed by atoms with Gasteiger partial charge in [-0.05, 0) is 12.8 Å². The average molecular weight is 270 g/mol. The van der Waals surface area contributed by atoms with E-state index in [-0.39, 0.29) is 6.03 Å². The second-order valence-corrected chi connectivity index (χ2v) is 5.33. The number of hydrogen-bond donors (Lipinski definition) is 2. The minimum atomic E-state index is -1.15. The lowest BCUT2D eigenvalue weighted by atomic mass is 9.90. The van der Waals surface area contributed by atoms with Crippen molar-refractivity contribution in [3.05, 3.63) is 0 Å². The Kier molecular flexibility index (Phi) is 4.63. The van der Waals surface area contributed by atoms with Gasteiger partial charge in [0.1, 0.15) is 5.54 Å². The number of carboxylic acids is 1. The van der Waals surface area contributed by atoms with E-state index in [0.29, 0.717) is 26.1 Å². The number of carbonyl (C=O) groups excluding carboxylic acids is 1. The number of rotatable bonds is 2. The van der Waals surface area contributed by atoms with Crippen LogP contribution < -0.4 is 5.32 Å². The van der Waals surface area contributed by atoms with E-state index in [0.717, 1.165) is 38.8 Å². The smallest absolute Gasteiger partial charge is 0.329 e. The summed E-state index contributed by atoms with van der Waals surface area (Å²) in [6.45, 7) is 2.20. The molecule has 6 nitrogen and oxygen atoms in total. The van der Waals surface area contributed by atoms with Gasteiger partial charge in [0.25, 0.3) is 0 Å². The number of nitrogens with one attached hydrogen (secondary N) is 1. The zero-order valence-corrected chi connectivity index (χ0v) is 11.2. The molecule has 0 radical (unpaired) electrons. The molecule has 2 heterocycles. The molecule has 0 bridgehead atoms. The number of urea groups is 1. The summed E-state index contributed by atoms with van der Waals surface area (Å²) in [6, 6.07) is -0.244. The number of likely N-dealkylation sites (tertiary alicyclic amines) is 1. The molecule has 0 saturated carbocycles. The average Bonchev–Trinajstić information content (AvgIpc) is 2.68. The van der Waals surface area contributed by atoms with E-state index in [4.69, 9.17) is 4.74 Å². The highest BCUT2D eigenvalue weighted by molar-refractivity contribution is 5.86. The molecular formula is C13H22N2O4. The Morgan fingerprint density at radius 1 is 1.05 bits per heavy atom. The van der Waals surface area contributed by atoms with Gasteiger partial charge in [0.05, 0.1) is 0 Å². The van der Waals surface area contributed by atoms with Crippen molar-refractivity contribution in [1.29, 1.82) is 0 Å². The fourth-order valence-corrected chi connectivity index (χ4v) is 2.67. The molecule has 2 saturated heterocycles. The SMILES string of the molecule is O=C(NC1(C(=O)O)CCOCC1)N1CCCCCC1. The Labute approximate surface area is 113 Å². The summed E-state index contributed by atoms with van der Waals surface area (Å²) in [4.78, 5) is 25.5. The summed E-state index contributed by atoms with van der Waals surface area (Å²) in [7, 11) is 0. The fourth-order valence-electron chi connectivity index (χ4n) is 2.67. The summed E-state index contributed by atoms with van der Waals surface area (Å²) in [5.41, 5.74) is -1.15. The number of ether oxygens (including phenoxy) is 1. The molecule has 2 N–H and O–H groups in total. The second-order valence-electron chi connectivity index (χ2n) is 5.33. The van der Waals surface area contributed by atoms with Crippen molar-refractivity contribution < 1.29 is 19.4 Å². The third kappa shape index (κ3) is 3.37. The maximum atomic E-state index is 12.2. The zero-order chi connectivity index (χ0) is 13.7. The summed E-state index contributed by atoms with van der Waals surface area (Å²) in [5, 5.41) is 12.1. The maximum absolute atomic E-state index is 12.2. The van der Waals surface area contributed by atoms with Crippen molar-refractivity contribution >= 4 is 12.0 Å². The van der Waals surface area contributed by atoms with Crippen LogP contribution in [0.4, 0.5) is 4.79 Å². The number of carboxylic acid groups (broad SMARTS) is 1. The number of amides is 2. The molecule has 0 unspecified atom stereocenters. The third-order valence-electron chi connectivity index (χ3n) is 4.00. The van der Waals surface area contributed by atoms with Crippen molar-refractivity contribution in [1.82, 2.24) is 10.2 Å². The van der Waals surface area contributed by atoms with Crippen LogP contribution in [0.15, 0.2) is 0 Å². The van der Waals surface area contributed by atoms with Gasteiger partial charge in [-0.1, -0.05) is 12.8 Å². The zero-order valence-electron chi connectivity index (χ0n) is 11.2. The first-order valence-corrected chi connectivity index (χ1v) is 7.02. The lowest BCUT2D eigenvalue weighted by Crippen LogP contribution is -2.60. The van der Waals surface area contributed by atoms with E-state index in [9.17, 15) is 14.7 Å². The van der Waals surface area contributed by atoms with Crippen LogP contribution in [0.25, 0.3) is 0 Å². The molecule has 2 aliphatic heterocycles. The molecule has 108 valence electrons. The van der Waals surface area contributed by atoms with Crippen LogP contribution in [0.1, 0.15) is 38.5 Å². The monoisotopic (exact) mass is 270 g/mol. The minimum absolute atomic E-state index is 0.244. The largest absolute Gasteiger partial charge is 0.480 e. The van der Waals surface area contributed by atoms with Gasteiger partial charge in [0, 0.05) is 39.1 Å². The highest BCUT2D eigenvalue weighted by atomic mass is 16.5. The summed E-state index contributed by atoms with van der Waals surface area (Å²) in [5.74, 6) is -0.959. The molecule has 2 fully saturated rings. The van der Waals surface area contributed by atoms with Crippen LogP contribution in [0, 0.1) is 0 Å². The molecular weight excluding hydrogens is 248 g/mol. The molecule has 2 aliphatic rings. The van der Waals surface area contributed by atoms with Crippen molar-refractivity contribution in [2.75, 3.05) is 26.3 Å². The minimum Gasteiger partial charge on any atom is -0.480 e. The molecule has 0 aromatic heterocycles. The molecule has 0 spiro atoms. The standard InChI is InChI=1S/C13H22N2O4/c16-11(17)13(5-9-19-10-6-13)14-12(18)15-7-3-1-2-4-8-15/h1-10H2,(H,14,18)(H,16,17). The van der Waals surface area contributed by atoms with Gasteiger partial charge in [-0.15, -0.1) is 0 Å². The molecule has 2 amide bonds. The predicted octanol–water partition coefficient (Wildman–Crippen LogP) is 1.21. The van der Waals surface area contributed by atoms with Gasteiger partial charge in [-0.2, -0.15) is 0 Å². The van der Waals surface area contributed by atoms with Crippen LogP contribution >= 0.6 is 0 Å². The highest BCUT2D eigenvalue weighted by Crippen LogP contribution is 2.22. The molecule has 6 heteroatoms. The topological polar surface area (TPSA) is 78.9 Å². The first-order chi connectivity index (χ1) is 9.14. The lowest BCUT2D eigenvalue weighted by molar-refractivity contribution is -0.148. The second kappa shape index (κ2) is 6.23. The van der Waals surface area contributed by atoms with Crippen molar-refractivity contribution in [3.8, 4) is 0 Å². The van der Waals surface area contributed by atoms with Gasteiger partial charge in [-0.25, -0.2) is 9.59 Å². The molecule has 0 aromatic carbocycles. The first kappa shape index (κ1) is 14.1. The molecule has 0 aliphatic carbocycles. The Morgan fingerprint density at radius 3 is 2.16 bits per heavy atom. The Hall–Kier alpha value is -1.30. The van der Waals surface area contributed by atoms with Gasteiger partial charge < -0.3 is 20.1 Å². The van der Waals surface area contributed by atoms with Crippen molar-refractivity contribution in [2.45, 2.75) is 44.1 Å². The third-order valence-corrected chi connectivity index (χ3v) is 4.00. The molecule has 0 aromatic rings. The quantitative estimate of drug-likeness (QED) is 0.790. The van der Waals surface area contributed by atoms with Gasteiger partial charge in [0.15, 0.2) is 0 Å². The lowest BCUT2D eigenvalue weighted by Gasteiger charge is -2.35. The number of aliphatic carboxylic acids is 1. The van der Waals surface area contributed by atoms with E-state index < -0.39 is 11.5 Å². The van der Waals surface area contributed by atoms with Crippen molar-refractivity contribution in [3.63, 3.8) is 0 Å².